The number of furan rings is 1. The number of hydrogen-bond donors (Lipinski definition) is 1. The van der Waals surface area contributed by atoms with Crippen molar-refractivity contribution in [3.63, 3.8) is 0 Å². The van der Waals surface area contributed by atoms with Crippen molar-refractivity contribution >= 4 is 41.3 Å². The van der Waals surface area contributed by atoms with E-state index in [9.17, 15) is 0 Å². The maximum Gasteiger partial charge on any atom is 0.194 e. The zero-order valence-electron chi connectivity index (χ0n) is 11.8. The molecule has 2 rings (SSSR count). The normalized spacial score (nSPS) is 11.1. The van der Waals surface area contributed by atoms with Crippen molar-refractivity contribution in [3.8, 4) is 0 Å². The second kappa shape index (κ2) is 8.25. The molecule has 20 heavy (non-hydrogen) atoms. The summed E-state index contributed by atoms with van der Waals surface area (Å²) < 4.78 is 5.04. The van der Waals surface area contributed by atoms with E-state index in [1.54, 1.807) is 30.9 Å². The van der Waals surface area contributed by atoms with Crippen molar-refractivity contribution in [1.82, 2.24) is 15.2 Å². The third-order valence-electron chi connectivity index (χ3n) is 2.67. The summed E-state index contributed by atoms with van der Waals surface area (Å²) in [5.74, 6) is 0.840. The molecular formula is C13H19IN4OS. The predicted molar refractivity (Wildman–Crippen MR) is 92.6 cm³/mol. The van der Waals surface area contributed by atoms with Crippen molar-refractivity contribution in [3.05, 3.63) is 40.2 Å². The fourth-order valence-electron chi connectivity index (χ4n) is 1.76. The number of rotatable bonds is 4. The zero-order valence-corrected chi connectivity index (χ0v) is 14.9. The first-order valence-electron chi connectivity index (χ1n) is 6.03. The van der Waals surface area contributed by atoms with Crippen LogP contribution in [-0.2, 0) is 13.1 Å². The molecule has 0 saturated heterocycles. The van der Waals surface area contributed by atoms with Crippen LogP contribution in [0.5, 0.6) is 0 Å². The summed E-state index contributed by atoms with van der Waals surface area (Å²) in [4.78, 5) is 10.8. The third-order valence-corrected chi connectivity index (χ3v) is 3.49. The molecule has 0 aliphatic heterocycles. The molecule has 0 aliphatic rings. The summed E-state index contributed by atoms with van der Waals surface area (Å²) in [7, 11) is 3.78. The summed E-state index contributed by atoms with van der Waals surface area (Å²) in [5.41, 5.74) is 2.16. The van der Waals surface area contributed by atoms with Crippen LogP contribution in [0.1, 0.15) is 16.3 Å². The maximum absolute atomic E-state index is 5.04. The van der Waals surface area contributed by atoms with Gasteiger partial charge in [-0.05, 0) is 13.0 Å². The van der Waals surface area contributed by atoms with E-state index < -0.39 is 0 Å². The van der Waals surface area contributed by atoms with Crippen LogP contribution in [0, 0.1) is 6.92 Å². The molecule has 2 aromatic heterocycles. The van der Waals surface area contributed by atoms with Crippen molar-refractivity contribution in [2.45, 2.75) is 20.0 Å². The van der Waals surface area contributed by atoms with Gasteiger partial charge in [-0.15, -0.1) is 35.3 Å². The molecule has 0 spiro atoms. The third kappa shape index (κ3) is 4.78. The number of halogens is 1. The molecule has 0 saturated carbocycles. The second-order valence-electron chi connectivity index (χ2n) is 4.25. The largest absolute Gasteiger partial charge is 0.472 e. The number of guanidine groups is 1. The topological polar surface area (TPSA) is 53.7 Å². The summed E-state index contributed by atoms with van der Waals surface area (Å²) in [6.07, 6.45) is 3.39. The number of aryl methyl sites for hydroxylation is 1. The minimum absolute atomic E-state index is 0. The highest BCUT2D eigenvalue weighted by Crippen LogP contribution is 2.09. The molecule has 0 radical (unpaired) electrons. The summed E-state index contributed by atoms with van der Waals surface area (Å²) in [6, 6.07) is 1.93. The van der Waals surface area contributed by atoms with E-state index in [0.717, 1.165) is 28.8 Å². The van der Waals surface area contributed by atoms with Crippen LogP contribution >= 0.6 is 35.3 Å². The Kier molecular flexibility index (Phi) is 7.00. The molecule has 0 bridgehead atoms. The zero-order chi connectivity index (χ0) is 13.7. The summed E-state index contributed by atoms with van der Waals surface area (Å²) in [5, 5.41) is 6.46. The van der Waals surface area contributed by atoms with Gasteiger partial charge in [0, 0.05) is 31.6 Å². The smallest absolute Gasteiger partial charge is 0.194 e. The van der Waals surface area contributed by atoms with Crippen molar-refractivity contribution in [2.75, 3.05) is 14.1 Å². The maximum atomic E-state index is 5.04. The van der Waals surface area contributed by atoms with Crippen LogP contribution < -0.4 is 5.32 Å². The van der Waals surface area contributed by atoms with Gasteiger partial charge in [0.1, 0.15) is 0 Å². The van der Waals surface area contributed by atoms with Gasteiger partial charge in [-0.3, -0.25) is 4.99 Å². The highest BCUT2D eigenvalue weighted by Gasteiger charge is 2.08. The van der Waals surface area contributed by atoms with E-state index in [4.69, 9.17) is 4.42 Å². The Bertz CT molecular complexity index is 538. The van der Waals surface area contributed by atoms with Crippen molar-refractivity contribution in [2.24, 2.45) is 4.99 Å². The van der Waals surface area contributed by atoms with Gasteiger partial charge in [0.25, 0.3) is 0 Å². The highest BCUT2D eigenvalue weighted by molar-refractivity contribution is 14.0. The molecule has 5 nitrogen and oxygen atoms in total. The van der Waals surface area contributed by atoms with Crippen LogP contribution in [0.2, 0.25) is 0 Å². The minimum atomic E-state index is 0. The highest BCUT2D eigenvalue weighted by atomic mass is 127. The van der Waals surface area contributed by atoms with Gasteiger partial charge in [-0.1, -0.05) is 0 Å². The molecular weight excluding hydrogens is 387 g/mol. The Morgan fingerprint density at radius 2 is 2.35 bits per heavy atom. The average Bonchev–Trinajstić information content (AvgIpc) is 3.02. The first-order valence-corrected chi connectivity index (χ1v) is 6.91. The number of hydrogen-bond acceptors (Lipinski definition) is 4. The SMILES string of the molecule is CN=C(NCc1ccoc1)N(C)Cc1csc(C)n1.I. The van der Waals surface area contributed by atoms with Gasteiger partial charge in [0.15, 0.2) is 5.96 Å². The predicted octanol–water partition coefficient (Wildman–Crippen LogP) is 2.87. The van der Waals surface area contributed by atoms with E-state index in [1.807, 2.05) is 20.0 Å². The van der Waals surface area contributed by atoms with E-state index >= 15 is 0 Å². The lowest BCUT2D eigenvalue weighted by Gasteiger charge is -2.20. The molecule has 2 heterocycles. The molecule has 1 N–H and O–H groups in total. The van der Waals surface area contributed by atoms with Crippen LogP contribution in [0.3, 0.4) is 0 Å². The van der Waals surface area contributed by atoms with Gasteiger partial charge < -0.3 is 14.6 Å². The Balaban J connectivity index is 0.00000200. The lowest BCUT2D eigenvalue weighted by molar-refractivity contribution is 0.470. The molecule has 0 amide bonds. The van der Waals surface area contributed by atoms with Crippen molar-refractivity contribution in [1.29, 1.82) is 0 Å². The van der Waals surface area contributed by atoms with Crippen LogP contribution in [0.4, 0.5) is 0 Å². The molecule has 110 valence electrons. The fourth-order valence-corrected chi connectivity index (χ4v) is 2.36. The van der Waals surface area contributed by atoms with E-state index in [-0.39, 0.29) is 24.0 Å². The Hall–Kier alpha value is -1.09. The van der Waals surface area contributed by atoms with Gasteiger partial charge in [-0.25, -0.2) is 4.98 Å². The molecule has 2 aromatic rings. The fraction of sp³-hybridized carbons (Fsp3) is 0.385. The number of aliphatic imine (C=N–C) groups is 1. The number of thiazole rings is 1. The van der Waals surface area contributed by atoms with Crippen LogP contribution in [0.25, 0.3) is 0 Å². The lowest BCUT2D eigenvalue weighted by atomic mass is 10.3. The molecule has 7 heteroatoms. The minimum Gasteiger partial charge on any atom is -0.472 e. The van der Waals surface area contributed by atoms with E-state index in [0.29, 0.717) is 6.54 Å². The molecule has 0 unspecified atom stereocenters. The Morgan fingerprint density at radius 3 is 2.90 bits per heavy atom. The number of nitrogens with zero attached hydrogens (tertiary/aromatic N) is 3. The molecule has 0 atom stereocenters. The monoisotopic (exact) mass is 406 g/mol. The summed E-state index contributed by atoms with van der Waals surface area (Å²) >= 11 is 1.67. The van der Waals surface area contributed by atoms with Gasteiger partial charge >= 0.3 is 0 Å². The molecule has 0 aromatic carbocycles. The van der Waals surface area contributed by atoms with Crippen molar-refractivity contribution < 1.29 is 4.42 Å². The number of nitrogens with one attached hydrogen (secondary N) is 1. The quantitative estimate of drug-likeness (QED) is 0.482. The standard InChI is InChI=1S/C13H18N4OS.HI/c1-10-16-12(9-19-10)7-17(3)13(14-2)15-6-11-4-5-18-8-11;/h4-5,8-9H,6-7H2,1-3H3,(H,14,15);1H. The van der Waals surface area contributed by atoms with E-state index in [2.05, 4.69) is 25.6 Å². The lowest BCUT2D eigenvalue weighted by Crippen LogP contribution is -2.38. The Morgan fingerprint density at radius 1 is 1.55 bits per heavy atom. The average molecular weight is 406 g/mol. The van der Waals surface area contributed by atoms with E-state index in [1.165, 1.54) is 0 Å². The first kappa shape index (κ1) is 17.0. The number of aromatic nitrogens is 1. The Labute approximate surface area is 140 Å². The van der Waals surface area contributed by atoms with Crippen LogP contribution in [-0.4, -0.2) is 29.9 Å². The first-order chi connectivity index (χ1) is 9.19. The van der Waals surface area contributed by atoms with Gasteiger partial charge in [0.05, 0.1) is 29.8 Å². The van der Waals surface area contributed by atoms with Crippen LogP contribution in [0.15, 0.2) is 33.4 Å². The van der Waals surface area contributed by atoms with Gasteiger partial charge in [0.2, 0.25) is 0 Å². The van der Waals surface area contributed by atoms with Gasteiger partial charge in [-0.2, -0.15) is 0 Å². The second-order valence-corrected chi connectivity index (χ2v) is 5.31. The summed E-state index contributed by atoms with van der Waals surface area (Å²) in [6.45, 7) is 3.46. The molecule has 0 fully saturated rings. The molecule has 0 aliphatic carbocycles.